The number of furan rings is 1. The van der Waals surface area contributed by atoms with Crippen molar-refractivity contribution in [2.75, 3.05) is 6.54 Å². The standard InChI is InChI=1S/C17H19NO5/c1-11-3-5-14(12(2)9-11)22-10-13-4-6-15(23-13)17(21)18-8-7-16(19)20/h3-6,9H,7-8,10H2,1-2H3,(H,18,21)(H,19,20). The summed E-state index contributed by atoms with van der Waals surface area (Å²) < 4.78 is 11.1. The van der Waals surface area contributed by atoms with Crippen LogP contribution in [0.15, 0.2) is 34.7 Å². The first-order valence-electron chi connectivity index (χ1n) is 7.24. The van der Waals surface area contributed by atoms with Crippen LogP contribution in [-0.2, 0) is 11.4 Å². The van der Waals surface area contributed by atoms with Gasteiger partial charge in [-0.1, -0.05) is 17.7 Å². The molecule has 0 unspecified atom stereocenters. The summed E-state index contributed by atoms with van der Waals surface area (Å²) in [5, 5.41) is 11.0. The third-order valence-electron chi connectivity index (χ3n) is 3.21. The highest BCUT2D eigenvalue weighted by atomic mass is 16.5. The molecule has 0 fully saturated rings. The number of ether oxygens (including phenoxy) is 1. The molecule has 122 valence electrons. The van der Waals surface area contributed by atoms with E-state index in [1.165, 1.54) is 6.07 Å². The van der Waals surface area contributed by atoms with Gasteiger partial charge < -0.3 is 19.6 Å². The van der Waals surface area contributed by atoms with Crippen molar-refractivity contribution in [3.8, 4) is 5.75 Å². The second-order valence-electron chi connectivity index (χ2n) is 5.22. The number of hydrogen-bond acceptors (Lipinski definition) is 4. The van der Waals surface area contributed by atoms with E-state index in [0.717, 1.165) is 16.9 Å². The van der Waals surface area contributed by atoms with Crippen molar-refractivity contribution in [1.82, 2.24) is 5.32 Å². The molecule has 1 amide bonds. The SMILES string of the molecule is Cc1ccc(OCc2ccc(C(=O)NCCC(=O)O)o2)c(C)c1. The van der Waals surface area contributed by atoms with Crippen molar-refractivity contribution in [2.24, 2.45) is 0 Å². The van der Waals surface area contributed by atoms with Gasteiger partial charge in [-0.3, -0.25) is 9.59 Å². The van der Waals surface area contributed by atoms with Crippen molar-refractivity contribution in [1.29, 1.82) is 0 Å². The molecule has 0 aliphatic rings. The van der Waals surface area contributed by atoms with Gasteiger partial charge in [0.25, 0.3) is 5.91 Å². The normalized spacial score (nSPS) is 10.3. The van der Waals surface area contributed by atoms with Gasteiger partial charge in [0, 0.05) is 6.54 Å². The minimum atomic E-state index is -0.965. The van der Waals surface area contributed by atoms with Crippen LogP contribution in [-0.4, -0.2) is 23.5 Å². The molecule has 0 spiro atoms. The number of amides is 1. The zero-order valence-corrected chi connectivity index (χ0v) is 13.1. The molecule has 1 aromatic carbocycles. The van der Waals surface area contributed by atoms with Gasteiger partial charge in [-0.15, -0.1) is 0 Å². The topological polar surface area (TPSA) is 88.8 Å². The zero-order chi connectivity index (χ0) is 16.8. The van der Waals surface area contributed by atoms with E-state index in [1.54, 1.807) is 6.07 Å². The second-order valence-corrected chi connectivity index (χ2v) is 5.22. The molecule has 0 radical (unpaired) electrons. The van der Waals surface area contributed by atoms with E-state index in [-0.39, 0.29) is 25.3 Å². The van der Waals surface area contributed by atoms with Gasteiger partial charge in [0.2, 0.25) is 0 Å². The van der Waals surface area contributed by atoms with Gasteiger partial charge in [0.05, 0.1) is 6.42 Å². The molecule has 1 heterocycles. The summed E-state index contributed by atoms with van der Waals surface area (Å²) in [6, 6.07) is 9.09. The first-order chi connectivity index (χ1) is 11.0. The van der Waals surface area contributed by atoms with Crippen molar-refractivity contribution in [3.05, 3.63) is 53.0 Å². The summed E-state index contributed by atoms with van der Waals surface area (Å²) in [6.07, 6.45) is -0.130. The molecule has 0 saturated heterocycles. The zero-order valence-electron chi connectivity index (χ0n) is 13.1. The fourth-order valence-corrected chi connectivity index (χ4v) is 2.06. The Kier molecular flexibility index (Phi) is 5.41. The van der Waals surface area contributed by atoms with Gasteiger partial charge in [-0.2, -0.15) is 0 Å². The second kappa shape index (κ2) is 7.49. The molecule has 0 aliphatic carbocycles. The third-order valence-corrected chi connectivity index (χ3v) is 3.21. The Hall–Kier alpha value is -2.76. The van der Waals surface area contributed by atoms with Crippen LogP contribution >= 0.6 is 0 Å². The Morgan fingerprint density at radius 3 is 2.70 bits per heavy atom. The number of nitrogens with one attached hydrogen (secondary N) is 1. The van der Waals surface area contributed by atoms with Gasteiger partial charge >= 0.3 is 5.97 Å². The van der Waals surface area contributed by atoms with E-state index in [9.17, 15) is 9.59 Å². The van der Waals surface area contributed by atoms with E-state index in [1.807, 2.05) is 32.0 Å². The fourth-order valence-electron chi connectivity index (χ4n) is 2.06. The summed E-state index contributed by atoms with van der Waals surface area (Å²) in [7, 11) is 0. The molecule has 2 rings (SSSR count). The number of hydrogen-bond donors (Lipinski definition) is 2. The number of carboxylic acids is 1. The average molecular weight is 317 g/mol. The maximum absolute atomic E-state index is 11.8. The molecule has 0 saturated carbocycles. The minimum Gasteiger partial charge on any atom is -0.485 e. The lowest BCUT2D eigenvalue weighted by Crippen LogP contribution is -2.25. The maximum Gasteiger partial charge on any atom is 0.305 e. The van der Waals surface area contributed by atoms with E-state index in [2.05, 4.69) is 5.32 Å². The average Bonchev–Trinajstić information content (AvgIpc) is 2.95. The van der Waals surface area contributed by atoms with Crippen molar-refractivity contribution in [2.45, 2.75) is 26.9 Å². The Balaban J connectivity index is 1.89. The molecular weight excluding hydrogens is 298 g/mol. The Morgan fingerprint density at radius 1 is 1.22 bits per heavy atom. The molecular formula is C17H19NO5. The van der Waals surface area contributed by atoms with Crippen LogP contribution in [0.4, 0.5) is 0 Å². The van der Waals surface area contributed by atoms with Crippen LogP contribution in [0.25, 0.3) is 0 Å². The summed E-state index contributed by atoms with van der Waals surface area (Å²) >= 11 is 0. The monoisotopic (exact) mass is 317 g/mol. The number of aliphatic carboxylic acids is 1. The van der Waals surface area contributed by atoms with E-state index >= 15 is 0 Å². The van der Waals surface area contributed by atoms with Crippen molar-refractivity contribution < 1.29 is 23.8 Å². The van der Waals surface area contributed by atoms with Crippen LogP contribution < -0.4 is 10.1 Å². The van der Waals surface area contributed by atoms with Crippen molar-refractivity contribution >= 4 is 11.9 Å². The predicted octanol–water partition coefficient (Wildman–Crippen LogP) is 2.68. The molecule has 0 aliphatic heterocycles. The van der Waals surface area contributed by atoms with Crippen molar-refractivity contribution in [3.63, 3.8) is 0 Å². The molecule has 6 nitrogen and oxygen atoms in total. The van der Waals surface area contributed by atoms with E-state index < -0.39 is 11.9 Å². The molecule has 0 atom stereocenters. The lowest BCUT2D eigenvalue weighted by molar-refractivity contribution is -0.136. The molecule has 1 aromatic heterocycles. The summed E-state index contributed by atoms with van der Waals surface area (Å²) in [6.45, 7) is 4.25. The smallest absolute Gasteiger partial charge is 0.305 e. The van der Waals surface area contributed by atoms with Crippen LogP contribution in [0.1, 0.15) is 33.9 Å². The molecule has 23 heavy (non-hydrogen) atoms. The highest BCUT2D eigenvalue weighted by Gasteiger charge is 2.12. The van der Waals surface area contributed by atoms with Gasteiger partial charge in [0.15, 0.2) is 5.76 Å². The molecule has 2 aromatic rings. The van der Waals surface area contributed by atoms with Gasteiger partial charge in [-0.05, 0) is 37.6 Å². The highest BCUT2D eigenvalue weighted by molar-refractivity contribution is 5.91. The van der Waals surface area contributed by atoms with Crippen LogP contribution in [0.5, 0.6) is 5.75 Å². The lowest BCUT2D eigenvalue weighted by atomic mass is 10.1. The first kappa shape index (κ1) is 16.6. The number of carboxylic acid groups (broad SMARTS) is 1. The van der Waals surface area contributed by atoms with E-state index in [0.29, 0.717) is 5.76 Å². The number of aryl methyl sites for hydroxylation is 2. The Bertz CT molecular complexity index is 705. The summed E-state index contributed by atoms with van der Waals surface area (Å²) in [5.74, 6) is 0.0127. The van der Waals surface area contributed by atoms with Crippen LogP contribution in [0.3, 0.4) is 0 Å². The Morgan fingerprint density at radius 2 is 2.00 bits per heavy atom. The van der Waals surface area contributed by atoms with E-state index in [4.69, 9.17) is 14.3 Å². The number of carbonyl (C=O) groups is 2. The molecule has 6 heteroatoms. The molecule has 0 bridgehead atoms. The maximum atomic E-state index is 11.8. The third kappa shape index (κ3) is 4.88. The number of carbonyl (C=O) groups excluding carboxylic acids is 1. The lowest BCUT2D eigenvalue weighted by Gasteiger charge is -2.08. The van der Waals surface area contributed by atoms with Crippen LogP contribution in [0, 0.1) is 13.8 Å². The predicted molar refractivity (Wildman–Crippen MR) is 83.5 cm³/mol. The summed E-state index contributed by atoms with van der Waals surface area (Å²) in [4.78, 5) is 22.2. The Labute approximate surface area is 134 Å². The quantitative estimate of drug-likeness (QED) is 0.819. The molecule has 2 N–H and O–H groups in total. The van der Waals surface area contributed by atoms with Crippen LogP contribution in [0.2, 0.25) is 0 Å². The van der Waals surface area contributed by atoms with Gasteiger partial charge in [0.1, 0.15) is 18.1 Å². The minimum absolute atomic E-state index is 0.0588. The number of rotatable bonds is 7. The first-order valence-corrected chi connectivity index (χ1v) is 7.24. The largest absolute Gasteiger partial charge is 0.485 e. The summed E-state index contributed by atoms with van der Waals surface area (Å²) in [5.41, 5.74) is 2.19. The highest BCUT2D eigenvalue weighted by Crippen LogP contribution is 2.20. The number of benzene rings is 1. The fraction of sp³-hybridized carbons (Fsp3) is 0.294. The van der Waals surface area contributed by atoms with Gasteiger partial charge in [-0.25, -0.2) is 0 Å².